The van der Waals surface area contributed by atoms with Crippen LogP contribution in [0.5, 0.6) is 0 Å². The number of para-hydroxylation sites is 1. The first-order chi connectivity index (χ1) is 13.4. The van der Waals surface area contributed by atoms with Gasteiger partial charge in [-0.3, -0.25) is 18.8 Å². The third kappa shape index (κ3) is 3.40. The molecule has 0 bridgehead atoms. The van der Waals surface area contributed by atoms with Crippen molar-refractivity contribution in [1.29, 1.82) is 0 Å². The highest BCUT2D eigenvalue weighted by atomic mass is 79.9. The number of aliphatic carboxylic acids is 1. The Morgan fingerprint density at radius 1 is 1.18 bits per heavy atom. The molecule has 2 aromatic heterocycles. The normalized spacial score (nSPS) is 19.6. The van der Waals surface area contributed by atoms with Crippen molar-refractivity contribution >= 4 is 44.4 Å². The number of amides is 1. The lowest BCUT2D eigenvalue weighted by Gasteiger charge is -2.27. The highest BCUT2D eigenvalue weighted by Crippen LogP contribution is 2.25. The number of hydrogen-bond donors (Lipinski definition) is 2. The number of fused-ring (bicyclic) bond motifs is 2. The second kappa shape index (κ2) is 7.35. The highest BCUT2D eigenvalue weighted by molar-refractivity contribution is 9.10. The van der Waals surface area contributed by atoms with Crippen LogP contribution in [0.25, 0.3) is 16.6 Å². The van der Waals surface area contributed by atoms with E-state index in [0.29, 0.717) is 52.3 Å². The van der Waals surface area contributed by atoms with Crippen molar-refractivity contribution in [3.05, 3.63) is 56.9 Å². The number of nitrogens with zero attached hydrogens (tertiary/aromatic N) is 2. The molecule has 28 heavy (non-hydrogen) atoms. The van der Waals surface area contributed by atoms with Gasteiger partial charge in [0, 0.05) is 16.7 Å². The molecular formula is C20H18BrN3O4. The summed E-state index contributed by atoms with van der Waals surface area (Å²) < 4.78 is 1.97. The van der Waals surface area contributed by atoms with Gasteiger partial charge in [-0.15, -0.1) is 0 Å². The fourth-order valence-electron chi connectivity index (χ4n) is 3.73. The van der Waals surface area contributed by atoms with Crippen LogP contribution in [0.4, 0.5) is 0 Å². The van der Waals surface area contributed by atoms with Crippen molar-refractivity contribution in [2.24, 2.45) is 5.92 Å². The SMILES string of the molecule is O=C(NC1CCC(C(=O)O)CC1)c1cc(Br)cn2c(=O)c3ccccc3nc12. The number of carbonyl (C=O) groups excluding carboxylic acids is 1. The third-order valence-corrected chi connectivity index (χ3v) is 5.67. The number of carboxylic acids is 1. The number of nitrogens with one attached hydrogen (secondary N) is 1. The molecule has 1 aliphatic rings. The van der Waals surface area contributed by atoms with Crippen LogP contribution in [0.2, 0.25) is 0 Å². The van der Waals surface area contributed by atoms with Crippen molar-refractivity contribution in [1.82, 2.24) is 14.7 Å². The van der Waals surface area contributed by atoms with E-state index in [1.807, 2.05) is 0 Å². The van der Waals surface area contributed by atoms with Crippen molar-refractivity contribution in [2.45, 2.75) is 31.7 Å². The van der Waals surface area contributed by atoms with E-state index < -0.39 is 5.97 Å². The molecule has 1 saturated carbocycles. The maximum Gasteiger partial charge on any atom is 0.306 e. The number of aromatic nitrogens is 2. The molecule has 7 nitrogen and oxygen atoms in total. The molecule has 1 amide bonds. The van der Waals surface area contributed by atoms with Gasteiger partial charge in [-0.1, -0.05) is 12.1 Å². The zero-order valence-corrected chi connectivity index (χ0v) is 16.5. The Balaban J connectivity index is 1.69. The molecule has 0 saturated heterocycles. The number of rotatable bonds is 3. The van der Waals surface area contributed by atoms with Crippen LogP contribution >= 0.6 is 15.9 Å². The topological polar surface area (TPSA) is 101 Å². The molecule has 2 heterocycles. The van der Waals surface area contributed by atoms with Crippen molar-refractivity contribution in [3.63, 3.8) is 0 Å². The van der Waals surface area contributed by atoms with Crippen LogP contribution in [-0.2, 0) is 4.79 Å². The first-order valence-corrected chi connectivity index (χ1v) is 9.87. The third-order valence-electron chi connectivity index (χ3n) is 5.24. The van der Waals surface area contributed by atoms with E-state index in [1.165, 1.54) is 4.40 Å². The van der Waals surface area contributed by atoms with Gasteiger partial charge in [0.25, 0.3) is 11.5 Å². The molecule has 4 rings (SSSR count). The Kier molecular flexibility index (Phi) is 4.89. The van der Waals surface area contributed by atoms with Gasteiger partial charge in [-0.2, -0.15) is 0 Å². The minimum atomic E-state index is -0.779. The quantitative estimate of drug-likeness (QED) is 0.605. The van der Waals surface area contributed by atoms with Crippen LogP contribution in [-0.4, -0.2) is 32.4 Å². The average Bonchev–Trinajstić information content (AvgIpc) is 2.68. The lowest BCUT2D eigenvalue weighted by Crippen LogP contribution is -2.39. The molecule has 0 aliphatic heterocycles. The van der Waals surface area contributed by atoms with Crippen LogP contribution < -0.4 is 10.9 Å². The van der Waals surface area contributed by atoms with E-state index in [4.69, 9.17) is 5.11 Å². The van der Waals surface area contributed by atoms with E-state index in [-0.39, 0.29) is 23.4 Å². The predicted octanol–water partition coefficient (Wildman–Crippen LogP) is 2.98. The van der Waals surface area contributed by atoms with Crippen LogP contribution in [0.15, 0.2) is 45.8 Å². The molecule has 0 atom stereocenters. The summed E-state index contributed by atoms with van der Waals surface area (Å²) in [5.41, 5.74) is 0.893. The summed E-state index contributed by atoms with van der Waals surface area (Å²) in [7, 11) is 0. The molecule has 1 aliphatic carbocycles. The summed E-state index contributed by atoms with van der Waals surface area (Å²) in [6.45, 7) is 0. The Morgan fingerprint density at radius 2 is 1.89 bits per heavy atom. The summed E-state index contributed by atoms with van der Waals surface area (Å²) in [5, 5.41) is 12.6. The first kappa shape index (κ1) is 18.6. The molecule has 1 fully saturated rings. The Hall–Kier alpha value is -2.74. The zero-order chi connectivity index (χ0) is 19.8. The fraction of sp³-hybridized carbons (Fsp3) is 0.300. The maximum atomic E-state index is 12.9. The van der Waals surface area contributed by atoms with Gasteiger partial charge in [-0.25, -0.2) is 4.98 Å². The van der Waals surface area contributed by atoms with E-state index in [1.54, 1.807) is 36.5 Å². The number of halogens is 1. The molecule has 0 spiro atoms. The van der Waals surface area contributed by atoms with Gasteiger partial charge in [0.15, 0.2) is 5.65 Å². The van der Waals surface area contributed by atoms with Gasteiger partial charge < -0.3 is 10.4 Å². The molecule has 2 N–H and O–H groups in total. The smallest absolute Gasteiger partial charge is 0.306 e. The second-order valence-corrected chi connectivity index (χ2v) is 7.98. The molecular weight excluding hydrogens is 426 g/mol. The minimum Gasteiger partial charge on any atom is -0.481 e. The van der Waals surface area contributed by atoms with E-state index in [2.05, 4.69) is 26.2 Å². The Morgan fingerprint density at radius 3 is 2.61 bits per heavy atom. The summed E-state index contributed by atoms with van der Waals surface area (Å²) in [5.74, 6) is -1.44. The standard InChI is InChI=1S/C20H18BrN3O4/c21-12-9-15(18(25)22-13-7-5-11(6-8-13)20(27)28)17-23-16-4-2-1-3-14(16)19(26)24(17)10-12/h1-4,9-11,13H,5-8H2,(H,22,25)(H,27,28). The highest BCUT2D eigenvalue weighted by Gasteiger charge is 2.27. The molecule has 0 radical (unpaired) electrons. The van der Waals surface area contributed by atoms with E-state index >= 15 is 0 Å². The molecule has 8 heteroatoms. The van der Waals surface area contributed by atoms with Gasteiger partial charge in [0.2, 0.25) is 0 Å². The monoisotopic (exact) mass is 443 g/mol. The lowest BCUT2D eigenvalue weighted by molar-refractivity contribution is -0.142. The largest absolute Gasteiger partial charge is 0.481 e. The number of carbonyl (C=O) groups is 2. The minimum absolute atomic E-state index is 0.0886. The second-order valence-electron chi connectivity index (χ2n) is 7.06. The van der Waals surface area contributed by atoms with Gasteiger partial charge in [-0.05, 0) is 59.8 Å². The predicted molar refractivity (Wildman–Crippen MR) is 108 cm³/mol. The fourth-order valence-corrected chi connectivity index (χ4v) is 4.17. The van der Waals surface area contributed by atoms with Crippen molar-refractivity contribution in [3.8, 4) is 0 Å². The zero-order valence-electron chi connectivity index (χ0n) is 14.9. The van der Waals surface area contributed by atoms with Crippen molar-refractivity contribution < 1.29 is 14.7 Å². The summed E-state index contributed by atoms with van der Waals surface area (Å²) >= 11 is 3.37. The Labute approximate surface area is 168 Å². The van der Waals surface area contributed by atoms with Crippen molar-refractivity contribution in [2.75, 3.05) is 0 Å². The molecule has 3 aromatic rings. The van der Waals surface area contributed by atoms with Crippen LogP contribution in [0.3, 0.4) is 0 Å². The molecule has 1 aromatic carbocycles. The maximum absolute atomic E-state index is 12.9. The van der Waals surface area contributed by atoms with E-state index in [0.717, 1.165) is 0 Å². The summed E-state index contributed by atoms with van der Waals surface area (Å²) in [6.07, 6.45) is 3.92. The van der Waals surface area contributed by atoms with Gasteiger partial charge in [0.1, 0.15) is 0 Å². The molecule has 0 unspecified atom stereocenters. The van der Waals surface area contributed by atoms with E-state index in [9.17, 15) is 14.4 Å². The van der Waals surface area contributed by atoms with Crippen LogP contribution in [0.1, 0.15) is 36.0 Å². The first-order valence-electron chi connectivity index (χ1n) is 9.08. The summed E-state index contributed by atoms with van der Waals surface area (Å²) in [4.78, 5) is 41.4. The average molecular weight is 444 g/mol. The number of benzene rings is 1. The number of carboxylic acid groups (broad SMARTS) is 1. The summed E-state index contributed by atoms with van der Waals surface area (Å²) in [6, 6.07) is 8.58. The lowest BCUT2D eigenvalue weighted by atomic mass is 9.86. The van der Waals surface area contributed by atoms with Gasteiger partial charge in [0.05, 0.1) is 22.4 Å². The number of hydrogen-bond acceptors (Lipinski definition) is 4. The van der Waals surface area contributed by atoms with Gasteiger partial charge >= 0.3 is 5.97 Å². The Bertz CT molecular complexity index is 1150. The number of pyridine rings is 1. The van der Waals surface area contributed by atoms with Crippen LogP contribution in [0, 0.1) is 5.92 Å². The molecule has 144 valence electrons.